The second-order valence-corrected chi connectivity index (χ2v) is 5.72. The highest BCUT2D eigenvalue weighted by molar-refractivity contribution is 5.77. The molecule has 1 aliphatic rings. The molecule has 1 heterocycles. The van der Waals surface area contributed by atoms with E-state index in [1.54, 1.807) is 11.0 Å². The van der Waals surface area contributed by atoms with E-state index in [2.05, 4.69) is 15.4 Å². The highest BCUT2D eigenvalue weighted by Crippen LogP contribution is 2.24. The zero-order chi connectivity index (χ0) is 15.4. The van der Waals surface area contributed by atoms with E-state index in [9.17, 15) is 4.79 Å². The number of nitrogens with zero attached hydrogens (tertiary/aromatic N) is 3. The molecule has 22 heavy (non-hydrogen) atoms. The fraction of sp³-hybridized carbons (Fsp3) is 0.438. The van der Waals surface area contributed by atoms with Crippen LogP contribution in [0, 0.1) is 5.92 Å². The van der Waals surface area contributed by atoms with E-state index in [0.717, 1.165) is 37.2 Å². The monoisotopic (exact) mass is 299 g/mol. The van der Waals surface area contributed by atoms with Gasteiger partial charge in [-0.3, -0.25) is 4.79 Å². The summed E-state index contributed by atoms with van der Waals surface area (Å²) in [4.78, 5) is 15.8. The first-order valence-electron chi connectivity index (χ1n) is 7.72. The summed E-state index contributed by atoms with van der Waals surface area (Å²) in [5.41, 5.74) is 6.47. The zero-order valence-corrected chi connectivity index (χ0v) is 12.5. The van der Waals surface area contributed by atoms with Crippen LogP contribution in [0.1, 0.15) is 31.5 Å². The van der Waals surface area contributed by atoms with Gasteiger partial charge >= 0.3 is 0 Å². The second kappa shape index (κ2) is 6.70. The molecule has 0 spiro atoms. The minimum atomic E-state index is -0.208. The molecule has 1 saturated carbocycles. The Morgan fingerprint density at radius 2 is 2.05 bits per heavy atom. The van der Waals surface area contributed by atoms with Crippen LogP contribution in [0.5, 0.6) is 0 Å². The molecule has 116 valence electrons. The van der Waals surface area contributed by atoms with Gasteiger partial charge in [0.05, 0.1) is 18.2 Å². The predicted molar refractivity (Wildman–Crippen MR) is 83.1 cm³/mol. The van der Waals surface area contributed by atoms with E-state index in [1.807, 2.05) is 30.3 Å². The zero-order valence-electron chi connectivity index (χ0n) is 12.5. The van der Waals surface area contributed by atoms with E-state index in [0.29, 0.717) is 6.54 Å². The Hall–Kier alpha value is -2.21. The van der Waals surface area contributed by atoms with Crippen LogP contribution in [0.15, 0.2) is 36.7 Å². The van der Waals surface area contributed by atoms with Crippen LogP contribution in [-0.4, -0.2) is 26.7 Å². The third-order valence-electron chi connectivity index (χ3n) is 4.21. The third-order valence-corrected chi connectivity index (χ3v) is 4.21. The average molecular weight is 299 g/mol. The Morgan fingerprint density at radius 3 is 2.82 bits per heavy atom. The van der Waals surface area contributed by atoms with Crippen molar-refractivity contribution in [1.29, 1.82) is 0 Å². The minimum absolute atomic E-state index is 0.0787. The Morgan fingerprint density at radius 1 is 1.27 bits per heavy atom. The van der Waals surface area contributed by atoms with Crippen LogP contribution in [-0.2, 0) is 11.3 Å². The van der Waals surface area contributed by atoms with Crippen molar-refractivity contribution < 1.29 is 4.79 Å². The first kappa shape index (κ1) is 14.7. The molecule has 1 aromatic carbocycles. The van der Waals surface area contributed by atoms with Gasteiger partial charge in [0.2, 0.25) is 5.91 Å². The molecule has 0 radical (unpaired) electrons. The summed E-state index contributed by atoms with van der Waals surface area (Å²) in [5, 5.41) is 7.86. The number of primary amides is 1. The number of hydrogen-bond donors (Lipinski definition) is 2. The number of nitrogens with one attached hydrogen (secondary N) is 1. The van der Waals surface area contributed by atoms with Gasteiger partial charge in [0.25, 0.3) is 0 Å². The van der Waals surface area contributed by atoms with Crippen LogP contribution < -0.4 is 11.1 Å². The fourth-order valence-electron chi connectivity index (χ4n) is 3.02. The maximum absolute atomic E-state index is 11.5. The SMILES string of the molecule is NC(=O)[C@@H]1CCCC[C@@H]1NCc1ncn(-c2ccccc2)n1. The number of rotatable bonds is 5. The van der Waals surface area contributed by atoms with Crippen molar-refractivity contribution in [1.82, 2.24) is 20.1 Å². The standard InChI is InChI=1S/C16H21N5O/c17-16(22)13-8-4-5-9-14(13)18-10-15-19-11-21(20-15)12-6-2-1-3-7-12/h1-3,6-7,11,13-14,18H,4-5,8-10H2,(H2,17,22)/t13-,14+/m1/s1. The van der Waals surface area contributed by atoms with Gasteiger partial charge in [-0.25, -0.2) is 9.67 Å². The van der Waals surface area contributed by atoms with Crippen molar-refractivity contribution >= 4 is 5.91 Å². The number of carbonyl (C=O) groups is 1. The molecule has 0 bridgehead atoms. The number of amides is 1. The fourth-order valence-corrected chi connectivity index (χ4v) is 3.02. The van der Waals surface area contributed by atoms with Crippen LogP contribution in [0.3, 0.4) is 0 Å². The van der Waals surface area contributed by atoms with Gasteiger partial charge in [-0.2, -0.15) is 0 Å². The predicted octanol–water partition coefficient (Wildman–Crippen LogP) is 1.40. The molecule has 3 N–H and O–H groups in total. The van der Waals surface area contributed by atoms with Crippen molar-refractivity contribution in [2.45, 2.75) is 38.3 Å². The maximum atomic E-state index is 11.5. The Kier molecular flexibility index (Phi) is 4.48. The Balaban J connectivity index is 1.62. The molecule has 0 aliphatic heterocycles. The van der Waals surface area contributed by atoms with Crippen LogP contribution >= 0.6 is 0 Å². The molecular formula is C16H21N5O. The highest BCUT2D eigenvalue weighted by Gasteiger charge is 2.29. The maximum Gasteiger partial charge on any atom is 0.222 e. The minimum Gasteiger partial charge on any atom is -0.369 e. The molecule has 1 fully saturated rings. The number of aromatic nitrogens is 3. The van der Waals surface area contributed by atoms with Gasteiger partial charge in [-0.1, -0.05) is 31.0 Å². The van der Waals surface area contributed by atoms with Gasteiger partial charge in [0, 0.05) is 6.04 Å². The quantitative estimate of drug-likeness (QED) is 0.874. The summed E-state index contributed by atoms with van der Waals surface area (Å²) in [5.74, 6) is 0.433. The largest absolute Gasteiger partial charge is 0.369 e. The molecule has 3 rings (SSSR count). The van der Waals surface area contributed by atoms with E-state index >= 15 is 0 Å². The summed E-state index contributed by atoms with van der Waals surface area (Å²) < 4.78 is 1.75. The lowest BCUT2D eigenvalue weighted by molar-refractivity contribution is -0.123. The first-order chi connectivity index (χ1) is 10.7. The second-order valence-electron chi connectivity index (χ2n) is 5.72. The van der Waals surface area contributed by atoms with Crippen LogP contribution in [0.2, 0.25) is 0 Å². The molecular weight excluding hydrogens is 278 g/mol. The Labute approximate surface area is 129 Å². The van der Waals surface area contributed by atoms with Gasteiger partial charge in [-0.05, 0) is 25.0 Å². The van der Waals surface area contributed by atoms with Crippen molar-refractivity contribution in [3.05, 3.63) is 42.5 Å². The molecule has 1 aliphatic carbocycles. The normalized spacial score (nSPS) is 21.6. The molecule has 0 unspecified atom stereocenters. The lowest BCUT2D eigenvalue weighted by Gasteiger charge is -2.29. The summed E-state index contributed by atoms with van der Waals surface area (Å²) in [6, 6.07) is 10.0. The lowest BCUT2D eigenvalue weighted by atomic mass is 9.84. The molecule has 6 nitrogen and oxygen atoms in total. The number of benzene rings is 1. The number of para-hydroxylation sites is 1. The number of nitrogens with two attached hydrogens (primary N) is 1. The van der Waals surface area contributed by atoms with E-state index in [-0.39, 0.29) is 17.9 Å². The average Bonchev–Trinajstić information content (AvgIpc) is 3.03. The molecule has 1 amide bonds. The van der Waals surface area contributed by atoms with Gasteiger partial charge in [0.15, 0.2) is 5.82 Å². The summed E-state index contributed by atoms with van der Waals surface area (Å²) in [6.45, 7) is 0.550. The Bertz CT molecular complexity index is 624. The lowest BCUT2D eigenvalue weighted by Crippen LogP contribution is -2.44. The molecule has 0 saturated heterocycles. The molecule has 2 aromatic rings. The van der Waals surface area contributed by atoms with Gasteiger partial charge in [0.1, 0.15) is 6.33 Å². The van der Waals surface area contributed by atoms with Crippen molar-refractivity contribution in [2.24, 2.45) is 11.7 Å². The number of carbonyl (C=O) groups excluding carboxylic acids is 1. The van der Waals surface area contributed by atoms with Crippen LogP contribution in [0.25, 0.3) is 5.69 Å². The summed E-state index contributed by atoms with van der Waals surface area (Å²) >= 11 is 0. The van der Waals surface area contributed by atoms with Gasteiger partial charge < -0.3 is 11.1 Å². The topological polar surface area (TPSA) is 85.8 Å². The van der Waals surface area contributed by atoms with Gasteiger partial charge in [-0.15, -0.1) is 5.10 Å². The van der Waals surface area contributed by atoms with E-state index in [1.165, 1.54) is 0 Å². The van der Waals surface area contributed by atoms with Crippen molar-refractivity contribution in [3.8, 4) is 5.69 Å². The van der Waals surface area contributed by atoms with Crippen molar-refractivity contribution in [3.63, 3.8) is 0 Å². The third kappa shape index (κ3) is 3.33. The van der Waals surface area contributed by atoms with E-state index in [4.69, 9.17) is 5.73 Å². The molecule has 6 heteroatoms. The number of hydrogen-bond acceptors (Lipinski definition) is 4. The molecule has 1 aromatic heterocycles. The smallest absolute Gasteiger partial charge is 0.222 e. The highest BCUT2D eigenvalue weighted by atomic mass is 16.1. The van der Waals surface area contributed by atoms with Crippen LogP contribution in [0.4, 0.5) is 0 Å². The first-order valence-corrected chi connectivity index (χ1v) is 7.72. The summed E-state index contributed by atoms with van der Waals surface area (Å²) in [6.07, 6.45) is 5.77. The van der Waals surface area contributed by atoms with Crippen molar-refractivity contribution in [2.75, 3.05) is 0 Å². The molecule has 2 atom stereocenters. The summed E-state index contributed by atoms with van der Waals surface area (Å²) in [7, 11) is 0. The van der Waals surface area contributed by atoms with E-state index < -0.39 is 0 Å².